The molecule has 0 aromatic heterocycles. The molecule has 2 aromatic rings. The summed E-state index contributed by atoms with van der Waals surface area (Å²) in [6, 6.07) is 10.1. The van der Waals surface area contributed by atoms with Crippen LogP contribution in [0.1, 0.15) is 39.2 Å². The molecule has 0 bridgehead atoms. The average Bonchev–Trinajstić information content (AvgIpc) is 2.83. The van der Waals surface area contributed by atoms with E-state index >= 15 is 0 Å². The number of carbonyl (C=O) groups excluding carboxylic acids is 2. The Bertz CT molecular complexity index is 897. The summed E-state index contributed by atoms with van der Waals surface area (Å²) >= 11 is 0. The predicted molar refractivity (Wildman–Crippen MR) is 124 cm³/mol. The molecule has 0 aliphatic heterocycles. The lowest BCUT2D eigenvalue weighted by atomic mass is 10.1. The van der Waals surface area contributed by atoms with Crippen molar-refractivity contribution < 1.29 is 28.2 Å². The highest BCUT2D eigenvalue weighted by Crippen LogP contribution is 2.27. The summed E-state index contributed by atoms with van der Waals surface area (Å²) in [7, 11) is 3.05. The van der Waals surface area contributed by atoms with Crippen molar-refractivity contribution in [3.8, 4) is 17.2 Å². The van der Waals surface area contributed by atoms with Gasteiger partial charge < -0.3 is 24.4 Å². The number of hydrogen-bond donors (Lipinski definition) is 1. The van der Waals surface area contributed by atoms with Gasteiger partial charge in [-0.05, 0) is 37.5 Å². The first-order chi connectivity index (χ1) is 15.8. The van der Waals surface area contributed by atoms with E-state index in [0.717, 1.165) is 6.42 Å². The molecule has 0 fully saturated rings. The van der Waals surface area contributed by atoms with Crippen molar-refractivity contribution in [2.75, 3.05) is 20.8 Å². The molecule has 0 aliphatic rings. The number of benzene rings is 2. The molecule has 2 atom stereocenters. The van der Waals surface area contributed by atoms with Gasteiger partial charge in [0, 0.05) is 30.8 Å². The number of nitrogens with one attached hydrogen (secondary N) is 1. The second-order valence-corrected chi connectivity index (χ2v) is 7.73. The SMILES string of the molecule is CC[C@H](C(=O)N[C@@H](C)CC)N(Cc1ccc(F)cc1)C(=O)COc1cc(OC)cc(OC)c1. The minimum absolute atomic E-state index is 0.0187. The van der Waals surface area contributed by atoms with Crippen LogP contribution in [0.5, 0.6) is 17.2 Å². The lowest BCUT2D eigenvalue weighted by Gasteiger charge is -2.31. The van der Waals surface area contributed by atoms with Gasteiger partial charge in [-0.15, -0.1) is 0 Å². The fourth-order valence-corrected chi connectivity index (χ4v) is 3.24. The first kappa shape index (κ1) is 26.0. The zero-order chi connectivity index (χ0) is 24.4. The number of rotatable bonds is 12. The van der Waals surface area contributed by atoms with E-state index in [-0.39, 0.29) is 36.8 Å². The third-order valence-electron chi connectivity index (χ3n) is 5.34. The molecule has 2 amide bonds. The molecule has 0 saturated heterocycles. The van der Waals surface area contributed by atoms with Gasteiger partial charge in [0.2, 0.25) is 5.91 Å². The first-order valence-electron chi connectivity index (χ1n) is 11.0. The summed E-state index contributed by atoms with van der Waals surface area (Å²) in [5.41, 5.74) is 0.711. The van der Waals surface area contributed by atoms with Crippen LogP contribution in [0, 0.1) is 5.82 Å². The minimum Gasteiger partial charge on any atom is -0.496 e. The van der Waals surface area contributed by atoms with Crippen molar-refractivity contribution in [2.45, 2.75) is 52.2 Å². The van der Waals surface area contributed by atoms with Crippen molar-refractivity contribution >= 4 is 11.8 Å². The van der Waals surface area contributed by atoms with Crippen LogP contribution in [0.2, 0.25) is 0 Å². The van der Waals surface area contributed by atoms with Crippen molar-refractivity contribution in [3.63, 3.8) is 0 Å². The summed E-state index contributed by atoms with van der Waals surface area (Å²) in [4.78, 5) is 27.7. The molecule has 7 nitrogen and oxygen atoms in total. The van der Waals surface area contributed by atoms with E-state index in [1.165, 1.54) is 31.3 Å². The topological polar surface area (TPSA) is 77.1 Å². The van der Waals surface area contributed by atoms with Crippen LogP contribution >= 0.6 is 0 Å². The number of methoxy groups -OCH3 is 2. The Labute approximate surface area is 194 Å². The Hall–Kier alpha value is -3.29. The van der Waals surface area contributed by atoms with Crippen molar-refractivity contribution in [1.82, 2.24) is 10.2 Å². The Kier molecular flexibility index (Phi) is 9.97. The molecule has 2 aromatic carbocycles. The van der Waals surface area contributed by atoms with Gasteiger partial charge in [0.1, 0.15) is 29.1 Å². The lowest BCUT2D eigenvalue weighted by Crippen LogP contribution is -2.51. The lowest BCUT2D eigenvalue weighted by molar-refractivity contribution is -0.143. The van der Waals surface area contributed by atoms with Crippen LogP contribution in [-0.4, -0.2) is 49.6 Å². The maximum Gasteiger partial charge on any atom is 0.261 e. The molecule has 0 heterocycles. The molecular weight excluding hydrogens is 427 g/mol. The third-order valence-corrected chi connectivity index (χ3v) is 5.34. The molecule has 2 rings (SSSR count). The molecule has 8 heteroatoms. The number of amides is 2. The van der Waals surface area contributed by atoms with E-state index in [1.54, 1.807) is 30.3 Å². The summed E-state index contributed by atoms with van der Waals surface area (Å²) < 4.78 is 29.6. The predicted octanol–water partition coefficient (Wildman–Crippen LogP) is 3.94. The van der Waals surface area contributed by atoms with Crippen molar-refractivity contribution in [1.29, 1.82) is 0 Å². The van der Waals surface area contributed by atoms with E-state index in [1.807, 2.05) is 20.8 Å². The fraction of sp³-hybridized carbons (Fsp3) is 0.440. The average molecular weight is 461 g/mol. The summed E-state index contributed by atoms with van der Waals surface area (Å²) in [6.45, 7) is 5.60. The molecule has 0 radical (unpaired) electrons. The molecule has 180 valence electrons. The Morgan fingerprint density at radius 2 is 1.55 bits per heavy atom. The van der Waals surface area contributed by atoms with Crippen LogP contribution < -0.4 is 19.5 Å². The zero-order valence-electron chi connectivity index (χ0n) is 19.9. The maximum atomic E-state index is 13.4. The van der Waals surface area contributed by atoms with Crippen molar-refractivity contribution in [3.05, 3.63) is 53.8 Å². The van der Waals surface area contributed by atoms with E-state index in [2.05, 4.69) is 5.32 Å². The monoisotopic (exact) mass is 460 g/mol. The number of halogens is 1. The number of ether oxygens (including phenoxy) is 3. The standard InChI is InChI=1S/C25H33FN2O5/c1-6-17(3)27-25(30)23(7-2)28(15-18-8-10-19(26)11-9-18)24(29)16-33-22-13-20(31-4)12-21(14-22)32-5/h8-14,17,23H,6-7,15-16H2,1-5H3,(H,27,30)/t17-,23+/m0/s1. The molecule has 0 spiro atoms. The van der Waals surface area contributed by atoms with Crippen LogP contribution in [0.3, 0.4) is 0 Å². The van der Waals surface area contributed by atoms with Gasteiger partial charge >= 0.3 is 0 Å². The largest absolute Gasteiger partial charge is 0.496 e. The Morgan fingerprint density at radius 3 is 2.06 bits per heavy atom. The van der Waals surface area contributed by atoms with Crippen LogP contribution in [0.25, 0.3) is 0 Å². The summed E-state index contributed by atoms with van der Waals surface area (Å²) in [5, 5.41) is 2.95. The molecule has 1 N–H and O–H groups in total. The molecule has 0 aliphatic carbocycles. The highest BCUT2D eigenvalue weighted by atomic mass is 19.1. The fourth-order valence-electron chi connectivity index (χ4n) is 3.24. The van der Waals surface area contributed by atoms with Crippen LogP contribution in [-0.2, 0) is 16.1 Å². The van der Waals surface area contributed by atoms with Crippen LogP contribution in [0.4, 0.5) is 4.39 Å². The zero-order valence-corrected chi connectivity index (χ0v) is 19.9. The Morgan fingerprint density at radius 1 is 0.970 bits per heavy atom. The molecular formula is C25H33FN2O5. The number of carbonyl (C=O) groups is 2. The van der Waals surface area contributed by atoms with Gasteiger partial charge in [-0.3, -0.25) is 9.59 Å². The Balaban J connectivity index is 2.24. The van der Waals surface area contributed by atoms with Crippen molar-refractivity contribution in [2.24, 2.45) is 0 Å². The van der Waals surface area contributed by atoms with E-state index in [0.29, 0.717) is 29.2 Å². The highest BCUT2D eigenvalue weighted by Gasteiger charge is 2.29. The smallest absolute Gasteiger partial charge is 0.261 e. The number of nitrogens with zero attached hydrogens (tertiary/aromatic N) is 1. The first-order valence-corrected chi connectivity index (χ1v) is 11.0. The third kappa shape index (κ3) is 7.66. The van der Waals surface area contributed by atoms with E-state index in [9.17, 15) is 14.0 Å². The van der Waals surface area contributed by atoms with Crippen LogP contribution in [0.15, 0.2) is 42.5 Å². The van der Waals surface area contributed by atoms with Gasteiger partial charge in [-0.2, -0.15) is 0 Å². The van der Waals surface area contributed by atoms with E-state index in [4.69, 9.17) is 14.2 Å². The quantitative estimate of drug-likeness (QED) is 0.519. The van der Waals surface area contributed by atoms with Gasteiger partial charge in [0.05, 0.1) is 14.2 Å². The normalized spacial score (nSPS) is 12.4. The summed E-state index contributed by atoms with van der Waals surface area (Å²) in [5.74, 6) is 0.489. The summed E-state index contributed by atoms with van der Waals surface area (Å²) in [6.07, 6.45) is 1.19. The van der Waals surface area contributed by atoms with E-state index < -0.39 is 6.04 Å². The molecule has 0 unspecified atom stereocenters. The molecule has 33 heavy (non-hydrogen) atoms. The maximum absolute atomic E-state index is 13.4. The molecule has 0 saturated carbocycles. The second kappa shape index (κ2) is 12.7. The van der Waals surface area contributed by atoms with Gasteiger partial charge in [-0.1, -0.05) is 26.0 Å². The second-order valence-electron chi connectivity index (χ2n) is 7.73. The highest BCUT2D eigenvalue weighted by molar-refractivity contribution is 5.88. The van der Waals surface area contributed by atoms with Gasteiger partial charge in [0.15, 0.2) is 6.61 Å². The van der Waals surface area contributed by atoms with Gasteiger partial charge in [0.25, 0.3) is 5.91 Å². The minimum atomic E-state index is -0.694. The number of hydrogen-bond acceptors (Lipinski definition) is 5. The van der Waals surface area contributed by atoms with Gasteiger partial charge in [-0.25, -0.2) is 4.39 Å².